The van der Waals surface area contributed by atoms with Gasteiger partial charge in [0.25, 0.3) is 5.89 Å². The molecule has 0 unspecified atom stereocenters. The van der Waals surface area contributed by atoms with Gasteiger partial charge in [0.2, 0.25) is 5.91 Å². The van der Waals surface area contributed by atoms with Crippen molar-refractivity contribution in [1.29, 1.82) is 0 Å². The van der Waals surface area contributed by atoms with E-state index >= 15 is 0 Å². The Kier molecular flexibility index (Phi) is 5.43. The van der Waals surface area contributed by atoms with E-state index in [4.69, 9.17) is 14.0 Å². The number of hydrogen-bond donors (Lipinski definition) is 1. The lowest BCUT2D eigenvalue weighted by molar-refractivity contribution is -0.113. The number of anilines is 1. The van der Waals surface area contributed by atoms with E-state index in [2.05, 4.69) is 20.4 Å². The van der Waals surface area contributed by atoms with Gasteiger partial charge in [-0.2, -0.15) is 4.98 Å². The highest BCUT2D eigenvalue weighted by Crippen LogP contribution is 2.32. The summed E-state index contributed by atoms with van der Waals surface area (Å²) in [7, 11) is 0. The maximum atomic E-state index is 12.3. The normalized spacial score (nSPS) is 12.6. The van der Waals surface area contributed by atoms with E-state index in [9.17, 15) is 4.79 Å². The lowest BCUT2D eigenvalue weighted by atomic mass is 10.2. The van der Waals surface area contributed by atoms with Crippen LogP contribution in [0, 0.1) is 0 Å². The zero-order valence-corrected chi connectivity index (χ0v) is 16.0. The van der Waals surface area contributed by atoms with Crippen LogP contribution < -0.4 is 14.8 Å². The molecule has 8 nitrogen and oxygen atoms in total. The van der Waals surface area contributed by atoms with E-state index in [1.165, 1.54) is 11.8 Å². The number of nitrogens with zero attached hydrogens (tertiary/aromatic N) is 3. The molecule has 1 amide bonds. The number of pyridine rings is 1. The molecule has 3 aromatic rings. The van der Waals surface area contributed by atoms with Crippen molar-refractivity contribution in [2.45, 2.75) is 18.4 Å². The molecule has 0 radical (unpaired) electrons. The molecule has 1 N–H and O–H groups in total. The highest BCUT2D eigenvalue weighted by Gasteiger charge is 2.14. The fraction of sp³-hybridized carbons (Fsp3) is 0.263. The topological polar surface area (TPSA) is 99.4 Å². The average Bonchev–Trinajstić information content (AvgIpc) is 3.22. The first kappa shape index (κ1) is 18.3. The van der Waals surface area contributed by atoms with E-state index < -0.39 is 0 Å². The molecule has 0 spiro atoms. The van der Waals surface area contributed by atoms with Crippen LogP contribution in [0.4, 0.5) is 5.69 Å². The van der Waals surface area contributed by atoms with Gasteiger partial charge in [0.05, 0.1) is 10.8 Å². The number of fused-ring (bicyclic) bond motifs is 1. The van der Waals surface area contributed by atoms with Gasteiger partial charge in [0, 0.05) is 29.9 Å². The summed E-state index contributed by atoms with van der Waals surface area (Å²) < 4.78 is 16.3. The molecule has 0 atom stereocenters. The van der Waals surface area contributed by atoms with E-state index in [0.29, 0.717) is 53.6 Å². The standard InChI is InChI=1S/C19H18N4O4S/c1-2-16-22-19(27-23-16)12-5-6-20-18(9-12)28-11-17(24)21-13-3-4-14-15(10-13)26-8-7-25-14/h3-6,9-10H,2,7-8,11H2,1H3,(H,21,24). The van der Waals surface area contributed by atoms with Crippen molar-refractivity contribution in [3.63, 3.8) is 0 Å². The van der Waals surface area contributed by atoms with Crippen LogP contribution in [0.5, 0.6) is 11.5 Å². The van der Waals surface area contributed by atoms with Crippen molar-refractivity contribution < 1.29 is 18.8 Å². The lowest BCUT2D eigenvalue weighted by Gasteiger charge is -2.18. The number of rotatable bonds is 6. The number of hydrogen-bond acceptors (Lipinski definition) is 8. The second kappa shape index (κ2) is 8.30. The zero-order chi connectivity index (χ0) is 19.3. The summed E-state index contributed by atoms with van der Waals surface area (Å²) in [6.45, 7) is 3.00. The molecule has 1 aromatic carbocycles. The number of carbonyl (C=O) groups is 1. The Balaban J connectivity index is 1.36. The number of aromatic nitrogens is 3. The van der Waals surface area contributed by atoms with Crippen LogP contribution in [-0.4, -0.2) is 40.0 Å². The number of benzene rings is 1. The van der Waals surface area contributed by atoms with Crippen LogP contribution in [0.3, 0.4) is 0 Å². The average molecular weight is 398 g/mol. The first-order chi connectivity index (χ1) is 13.7. The third-order valence-electron chi connectivity index (χ3n) is 3.94. The summed E-state index contributed by atoms with van der Waals surface area (Å²) in [5.41, 5.74) is 1.44. The van der Waals surface area contributed by atoms with Crippen LogP contribution >= 0.6 is 11.8 Å². The lowest BCUT2D eigenvalue weighted by Crippen LogP contribution is -2.17. The third-order valence-corrected chi connectivity index (χ3v) is 4.87. The summed E-state index contributed by atoms with van der Waals surface area (Å²) in [4.78, 5) is 20.9. The Morgan fingerprint density at radius 3 is 2.86 bits per heavy atom. The van der Waals surface area contributed by atoms with Crippen molar-refractivity contribution >= 4 is 23.4 Å². The van der Waals surface area contributed by atoms with Gasteiger partial charge in [0.15, 0.2) is 17.3 Å². The van der Waals surface area contributed by atoms with Crippen LogP contribution in [0.25, 0.3) is 11.5 Å². The van der Waals surface area contributed by atoms with Crippen molar-refractivity contribution in [1.82, 2.24) is 15.1 Å². The molecule has 2 aromatic heterocycles. The zero-order valence-electron chi connectivity index (χ0n) is 15.2. The van der Waals surface area contributed by atoms with Gasteiger partial charge in [0.1, 0.15) is 13.2 Å². The minimum atomic E-state index is -0.139. The van der Waals surface area contributed by atoms with Crippen LogP contribution in [0.2, 0.25) is 0 Å². The smallest absolute Gasteiger partial charge is 0.258 e. The van der Waals surface area contributed by atoms with Gasteiger partial charge in [-0.3, -0.25) is 4.79 Å². The number of amides is 1. The first-order valence-corrected chi connectivity index (χ1v) is 9.81. The van der Waals surface area contributed by atoms with E-state index in [-0.39, 0.29) is 11.7 Å². The number of nitrogens with one attached hydrogen (secondary N) is 1. The molecule has 0 saturated heterocycles. The highest BCUT2D eigenvalue weighted by atomic mass is 32.2. The maximum Gasteiger partial charge on any atom is 0.258 e. The minimum absolute atomic E-state index is 0.139. The van der Waals surface area contributed by atoms with Crippen LogP contribution in [0.1, 0.15) is 12.7 Å². The first-order valence-electron chi connectivity index (χ1n) is 8.82. The molecule has 4 rings (SSSR count). The Morgan fingerprint density at radius 1 is 1.18 bits per heavy atom. The van der Waals surface area contributed by atoms with Gasteiger partial charge >= 0.3 is 0 Å². The summed E-state index contributed by atoms with van der Waals surface area (Å²) >= 11 is 1.33. The number of thioether (sulfide) groups is 1. The molecule has 0 fully saturated rings. The number of carbonyl (C=O) groups excluding carboxylic acids is 1. The second-order valence-electron chi connectivity index (χ2n) is 5.95. The van der Waals surface area contributed by atoms with Crippen LogP contribution in [0.15, 0.2) is 46.1 Å². The summed E-state index contributed by atoms with van der Waals surface area (Å²) in [5, 5.41) is 7.45. The highest BCUT2D eigenvalue weighted by molar-refractivity contribution is 7.99. The van der Waals surface area contributed by atoms with Gasteiger partial charge in [-0.05, 0) is 24.3 Å². The monoisotopic (exact) mass is 398 g/mol. The van der Waals surface area contributed by atoms with E-state index in [1.54, 1.807) is 30.5 Å². The molecule has 0 aliphatic carbocycles. The molecule has 1 aliphatic heterocycles. The summed E-state index contributed by atoms with van der Waals surface area (Å²) in [6.07, 6.45) is 2.36. The predicted octanol–water partition coefficient (Wildman–Crippen LogP) is 3.20. The minimum Gasteiger partial charge on any atom is -0.486 e. The predicted molar refractivity (Wildman–Crippen MR) is 104 cm³/mol. The van der Waals surface area contributed by atoms with E-state index in [0.717, 1.165) is 5.56 Å². The molecular formula is C19H18N4O4S. The Labute approximate surface area is 165 Å². The summed E-state index contributed by atoms with van der Waals surface area (Å²) in [6, 6.07) is 8.96. The quantitative estimate of drug-likeness (QED) is 0.632. The van der Waals surface area contributed by atoms with Crippen molar-refractivity contribution in [2.75, 3.05) is 24.3 Å². The fourth-order valence-electron chi connectivity index (χ4n) is 2.59. The third kappa shape index (κ3) is 4.25. The van der Waals surface area contributed by atoms with Crippen molar-refractivity contribution in [3.05, 3.63) is 42.4 Å². The Hall–Kier alpha value is -3.07. The molecular weight excluding hydrogens is 380 g/mol. The Bertz CT molecular complexity index is 992. The Morgan fingerprint density at radius 2 is 2.04 bits per heavy atom. The second-order valence-corrected chi connectivity index (χ2v) is 6.94. The van der Waals surface area contributed by atoms with Gasteiger partial charge in [-0.1, -0.05) is 23.8 Å². The van der Waals surface area contributed by atoms with Gasteiger partial charge in [-0.15, -0.1) is 0 Å². The molecule has 0 bridgehead atoms. The molecule has 3 heterocycles. The number of ether oxygens (including phenoxy) is 2. The molecule has 9 heteroatoms. The molecule has 144 valence electrons. The van der Waals surface area contributed by atoms with Crippen molar-refractivity contribution in [3.8, 4) is 23.0 Å². The van der Waals surface area contributed by atoms with Gasteiger partial charge < -0.3 is 19.3 Å². The van der Waals surface area contributed by atoms with Gasteiger partial charge in [-0.25, -0.2) is 4.98 Å². The fourth-order valence-corrected chi connectivity index (χ4v) is 3.29. The maximum absolute atomic E-state index is 12.3. The molecule has 28 heavy (non-hydrogen) atoms. The van der Waals surface area contributed by atoms with Crippen LogP contribution in [-0.2, 0) is 11.2 Å². The molecule has 0 saturated carbocycles. The number of aryl methyl sites for hydroxylation is 1. The SMILES string of the molecule is CCc1noc(-c2ccnc(SCC(=O)Nc3ccc4c(c3)OCCO4)c2)n1. The largest absolute Gasteiger partial charge is 0.486 e. The van der Waals surface area contributed by atoms with E-state index in [1.807, 2.05) is 13.0 Å². The summed E-state index contributed by atoms with van der Waals surface area (Å²) in [5.74, 6) is 2.50. The van der Waals surface area contributed by atoms with Crippen molar-refractivity contribution in [2.24, 2.45) is 0 Å². The molecule has 1 aliphatic rings.